The van der Waals surface area contributed by atoms with E-state index in [1.165, 1.54) is 0 Å². The van der Waals surface area contributed by atoms with Crippen molar-refractivity contribution in [3.63, 3.8) is 0 Å². The highest BCUT2D eigenvalue weighted by molar-refractivity contribution is 5.91. The van der Waals surface area contributed by atoms with Gasteiger partial charge in [-0.2, -0.15) is 5.10 Å². The molecule has 1 heterocycles. The molecule has 5 nitrogen and oxygen atoms in total. The van der Waals surface area contributed by atoms with Crippen molar-refractivity contribution in [1.29, 1.82) is 0 Å². The van der Waals surface area contributed by atoms with Crippen LogP contribution in [0.4, 0.5) is 5.69 Å². The summed E-state index contributed by atoms with van der Waals surface area (Å²) in [7, 11) is 0. The number of hydrogen-bond donors (Lipinski definition) is 1. The fourth-order valence-electron chi connectivity index (χ4n) is 2.27. The lowest BCUT2D eigenvalue weighted by Gasteiger charge is -2.06. The molecule has 0 bridgehead atoms. The molecule has 5 heteroatoms. The van der Waals surface area contributed by atoms with Crippen molar-refractivity contribution in [2.75, 3.05) is 11.9 Å². The van der Waals surface area contributed by atoms with Crippen molar-refractivity contribution >= 4 is 11.6 Å². The number of benzene rings is 2. The van der Waals surface area contributed by atoms with Crippen molar-refractivity contribution in [1.82, 2.24) is 9.78 Å². The third-order valence-electron chi connectivity index (χ3n) is 3.50. The van der Waals surface area contributed by atoms with Crippen molar-refractivity contribution < 1.29 is 9.53 Å². The molecule has 0 radical (unpaired) electrons. The first-order valence-corrected chi connectivity index (χ1v) is 7.75. The van der Waals surface area contributed by atoms with Gasteiger partial charge in [-0.3, -0.25) is 9.48 Å². The smallest absolute Gasteiger partial charge is 0.262 e. The molecule has 2 aromatic carbocycles. The molecule has 0 spiro atoms. The van der Waals surface area contributed by atoms with Gasteiger partial charge in [-0.25, -0.2) is 0 Å². The summed E-state index contributed by atoms with van der Waals surface area (Å²) in [6, 6.07) is 17.6. The molecule has 24 heavy (non-hydrogen) atoms. The number of aromatic nitrogens is 2. The van der Waals surface area contributed by atoms with Gasteiger partial charge in [0.05, 0.1) is 18.4 Å². The van der Waals surface area contributed by atoms with Crippen LogP contribution in [-0.4, -0.2) is 22.3 Å². The predicted octanol–water partition coefficient (Wildman–Crippen LogP) is 3.26. The van der Waals surface area contributed by atoms with Gasteiger partial charge >= 0.3 is 0 Å². The van der Waals surface area contributed by atoms with Gasteiger partial charge in [0.25, 0.3) is 5.91 Å². The molecule has 1 amide bonds. The minimum absolute atomic E-state index is 0.0348. The minimum Gasteiger partial charge on any atom is -0.484 e. The number of aryl methyl sites for hydroxylation is 1. The summed E-state index contributed by atoms with van der Waals surface area (Å²) in [6.45, 7) is 2.63. The van der Waals surface area contributed by atoms with Gasteiger partial charge in [-0.1, -0.05) is 48.0 Å². The number of nitrogens with one attached hydrogen (secondary N) is 1. The van der Waals surface area contributed by atoms with E-state index in [9.17, 15) is 4.79 Å². The SMILES string of the molecule is Cc1ccc(OCC(=O)Nc2cnn(Cc3ccccc3)c2)cc1. The van der Waals surface area contributed by atoms with E-state index >= 15 is 0 Å². The van der Waals surface area contributed by atoms with Crippen molar-refractivity contribution in [2.24, 2.45) is 0 Å². The lowest BCUT2D eigenvalue weighted by molar-refractivity contribution is -0.118. The van der Waals surface area contributed by atoms with Crippen molar-refractivity contribution in [3.05, 3.63) is 78.1 Å². The van der Waals surface area contributed by atoms with Crippen LogP contribution in [0.15, 0.2) is 67.0 Å². The van der Waals surface area contributed by atoms with Crippen LogP contribution in [0.3, 0.4) is 0 Å². The Kier molecular flexibility index (Phi) is 4.91. The molecule has 0 aliphatic rings. The molecule has 3 rings (SSSR count). The molecule has 0 aliphatic heterocycles. The van der Waals surface area contributed by atoms with Gasteiger partial charge < -0.3 is 10.1 Å². The van der Waals surface area contributed by atoms with Gasteiger partial charge in [-0.05, 0) is 24.6 Å². The van der Waals surface area contributed by atoms with Crippen LogP contribution >= 0.6 is 0 Å². The Hall–Kier alpha value is -3.08. The first-order chi connectivity index (χ1) is 11.7. The van der Waals surface area contributed by atoms with Crippen LogP contribution in [-0.2, 0) is 11.3 Å². The zero-order chi connectivity index (χ0) is 16.8. The second kappa shape index (κ2) is 7.46. The molecule has 0 fully saturated rings. The second-order valence-corrected chi connectivity index (χ2v) is 5.56. The molecule has 0 saturated carbocycles. The lowest BCUT2D eigenvalue weighted by atomic mass is 10.2. The van der Waals surface area contributed by atoms with E-state index in [1.54, 1.807) is 17.1 Å². The summed E-state index contributed by atoms with van der Waals surface area (Å²) in [5, 5.41) is 7.04. The molecule has 1 aromatic heterocycles. The molecule has 0 aliphatic carbocycles. The maximum Gasteiger partial charge on any atom is 0.262 e. The first-order valence-electron chi connectivity index (χ1n) is 7.75. The molecule has 0 unspecified atom stereocenters. The van der Waals surface area contributed by atoms with Crippen LogP contribution in [0.1, 0.15) is 11.1 Å². The van der Waals surface area contributed by atoms with Gasteiger partial charge in [-0.15, -0.1) is 0 Å². The minimum atomic E-state index is -0.213. The number of anilines is 1. The normalized spacial score (nSPS) is 10.4. The van der Waals surface area contributed by atoms with Crippen LogP contribution in [0.2, 0.25) is 0 Å². The van der Waals surface area contributed by atoms with Crippen LogP contribution in [0.25, 0.3) is 0 Å². The highest BCUT2D eigenvalue weighted by Crippen LogP contribution is 2.12. The van der Waals surface area contributed by atoms with Crippen molar-refractivity contribution in [2.45, 2.75) is 13.5 Å². The van der Waals surface area contributed by atoms with E-state index in [2.05, 4.69) is 10.4 Å². The molecular formula is C19H19N3O2. The van der Waals surface area contributed by atoms with E-state index in [4.69, 9.17) is 4.74 Å². The quantitative estimate of drug-likeness (QED) is 0.758. The first kappa shape index (κ1) is 15.8. The average molecular weight is 321 g/mol. The molecule has 122 valence electrons. The zero-order valence-corrected chi connectivity index (χ0v) is 13.5. The van der Waals surface area contributed by atoms with Gasteiger partial charge in [0.15, 0.2) is 6.61 Å². The van der Waals surface area contributed by atoms with E-state index in [-0.39, 0.29) is 12.5 Å². The Balaban J connectivity index is 1.50. The summed E-state index contributed by atoms with van der Waals surface area (Å²) in [5.74, 6) is 0.463. The standard InChI is InChI=1S/C19H19N3O2/c1-15-7-9-18(10-8-15)24-14-19(23)21-17-11-20-22(13-17)12-16-5-3-2-4-6-16/h2-11,13H,12,14H2,1H3,(H,21,23). The molecule has 0 saturated heterocycles. The Labute approximate surface area is 140 Å². The molecular weight excluding hydrogens is 302 g/mol. The number of carbonyl (C=O) groups is 1. The largest absolute Gasteiger partial charge is 0.484 e. The summed E-state index contributed by atoms with van der Waals surface area (Å²) in [6.07, 6.45) is 3.43. The molecule has 0 atom stereocenters. The van der Waals surface area contributed by atoms with E-state index in [1.807, 2.05) is 61.5 Å². The number of hydrogen-bond acceptors (Lipinski definition) is 3. The Bertz CT molecular complexity index is 795. The number of carbonyl (C=O) groups excluding carboxylic acids is 1. The van der Waals surface area contributed by atoms with Crippen molar-refractivity contribution in [3.8, 4) is 5.75 Å². The number of amides is 1. The fraction of sp³-hybridized carbons (Fsp3) is 0.158. The molecule has 3 aromatic rings. The maximum atomic E-state index is 11.9. The van der Waals surface area contributed by atoms with Gasteiger partial charge in [0.1, 0.15) is 5.75 Å². The third kappa shape index (κ3) is 4.46. The zero-order valence-electron chi connectivity index (χ0n) is 13.5. The van der Waals surface area contributed by atoms with Crippen LogP contribution < -0.4 is 10.1 Å². The fourth-order valence-corrected chi connectivity index (χ4v) is 2.27. The van der Waals surface area contributed by atoms with E-state index in [0.29, 0.717) is 18.0 Å². The number of rotatable bonds is 6. The van der Waals surface area contributed by atoms with Crippen LogP contribution in [0.5, 0.6) is 5.75 Å². The van der Waals surface area contributed by atoms with Crippen LogP contribution in [0, 0.1) is 6.92 Å². The average Bonchev–Trinajstić information content (AvgIpc) is 3.02. The second-order valence-electron chi connectivity index (χ2n) is 5.56. The Morgan fingerprint density at radius 3 is 2.62 bits per heavy atom. The van der Waals surface area contributed by atoms with Gasteiger partial charge in [0, 0.05) is 6.20 Å². The third-order valence-corrected chi connectivity index (χ3v) is 3.50. The highest BCUT2D eigenvalue weighted by atomic mass is 16.5. The van der Waals surface area contributed by atoms with E-state index in [0.717, 1.165) is 11.1 Å². The number of ether oxygens (including phenoxy) is 1. The Morgan fingerprint density at radius 2 is 1.88 bits per heavy atom. The summed E-state index contributed by atoms with van der Waals surface area (Å²) < 4.78 is 7.24. The Morgan fingerprint density at radius 1 is 1.12 bits per heavy atom. The monoisotopic (exact) mass is 321 g/mol. The number of nitrogens with zero attached hydrogens (tertiary/aromatic N) is 2. The maximum absolute atomic E-state index is 11.9. The lowest BCUT2D eigenvalue weighted by Crippen LogP contribution is -2.19. The highest BCUT2D eigenvalue weighted by Gasteiger charge is 2.06. The summed E-state index contributed by atoms with van der Waals surface area (Å²) >= 11 is 0. The van der Waals surface area contributed by atoms with Gasteiger partial charge in [0.2, 0.25) is 0 Å². The predicted molar refractivity (Wildman–Crippen MR) is 93.1 cm³/mol. The molecule has 1 N–H and O–H groups in total. The summed E-state index contributed by atoms with van der Waals surface area (Å²) in [4.78, 5) is 11.9. The summed E-state index contributed by atoms with van der Waals surface area (Å²) in [5.41, 5.74) is 2.96. The van der Waals surface area contributed by atoms with E-state index < -0.39 is 0 Å². The topological polar surface area (TPSA) is 56.1 Å².